The van der Waals surface area contributed by atoms with Crippen LogP contribution in [0, 0.1) is 12.8 Å². The number of phenolic OH excluding ortho intramolecular Hbond substituents is 2. The lowest BCUT2D eigenvalue weighted by Crippen LogP contribution is -2.00. The van der Waals surface area contributed by atoms with Gasteiger partial charge in [0, 0.05) is 36.2 Å². The standard InChI is InChI=1S/C46H46O6/c1-5-12-41-42(48)28-40(30-46(41)52-45-29-39(49-37-15-7-6-8-16-37)24-23-34(45)22-19-31(2)3)51-43-18-10-9-13-35(43)25-33-21-20-32(4)44(26-33)50-38-17-11-14-36(47)27-38/h6-11,13-18,20-21,23-24,26-31,47-48H,5,12,19,22,25H2,1-4H3. The minimum Gasteiger partial charge on any atom is -0.508 e. The molecule has 0 saturated heterocycles. The van der Waals surface area contributed by atoms with E-state index >= 15 is 0 Å². The van der Waals surface area contributed by atoms with E-state index < -0.39 is 0 Å². The quantitative estimate of drug-likeness (QED) is 0.111. The van der Waals surface area contributed by atoms with Crippen LogP contribution in [0.1, 0.15) is 61.4 Å². The first-order chi connectivity index (χ1) is 25.2. The van der Waals surface area contributed by atoms with E-state index in [1.165, 1.54) is 0 Å². The van der Waals surface area contributed by atoms with Crippen LogP contribution in [0.15, 0.2) is 127 Å². The summed E-state index contributed by atoms with van der Waals surface area (Å²) in [5, 5.41) is 21.2. The van der Waals surface area contributed by atoms with Gasteiger partial charge in [0.2, 0.25) is 0 Å². The molecule has 0 aromatic heterocycles. The third-order valence-electron chi connectivity index (χ3n) is 8.78. The largest absolute Gasteiger partial charge is 0.508 e. The lowest BCUT2D eigenvalue weighted by Gasteiger charge is -2.19. The van der Waals surface area contributed by atoms with Crippen molar-refractivity contribution in [1.29, 1.82) is 0 Å². The van der Waals surface area contributed by atoms with Gasteiger partial charge in [0.05, 0.1) is 0 Å². The van der Waals surface area contributed by atoms with Crippen LogP contribution in [-0.2, 0) is 19.3 Å². The van der Waals surface area contributed by atoms with Crippen molar-refractivity contribution in [3.8, 4) is 57.5 Å². The monoisotopic (exact) mass is 694 g/mol. The molecule has 6 heteroatoms. The van der Waals surface area contributed by atoms with Crippen LogP contribution < -0.4 is 18.9 Å². The summed E-state index contributed by atoms with van der Waals surface area (Å²) in [6, 6.07) is 40.0. The van der Waals surface area contributed by atoms with E-state index in [-0.39, 0.29) is 11.5 Å². The van der Waals surface area contributed by atoms with E-state index in [1.54, 1.807) is 24.3 Å². The number of hydrogen-bond donors (Lipinski definition) is 2. The summed E-state index contributed by atoms with van der Waals surface area (Å²) in [4.78, 5) is 0. The molecule has 0 unspecified atom stereocenters. The molecule has 0 bridgehead atoms. The second kappa shape index (κ2) is 16.9. The Morgan fingerprint density at radius 2 is 1.27 bits per heavy atom. The molecule has 6 rings (SSSR count). The first-order valence-electron chi connectivity index (χ1n) is 18.0. The second-order valence-electron chi connectivity index (χ2n) is 13.5. The molecule has 0 heterocycles. The van der Waals surface area contributed by atoms with E-state index in [2.05, 4.69) is 32.9 Å². The van der Waals surface area contributed by atoms with E-state index in [0.717, 1.165) is 52.8 Å². The van der Waals surface area contributed by atoms with E-state index in [0.29, 0.717) is 59.0 Å². The third kappa shape index (κ3) is 9.46. The molecule has 266 valence electrons. The number of benzene rings is 6. The van der Waals surface area contributed by atoms with Gasteiger partial charge in [-0.3, -0.25) is 0 Å². The molecule has 0 spiro atoms. The number of para-hydroxylation sites is 2. The topological polar surface area (TPSA) is 77.4 Å². The molecule has 52 heavy (non-hydrogen) atoms. The van der Waals surface area contributed by atoms with Gasteiger partial charge in [0.1, 0.15) is 57.5 Å². The number of rotatable bonds is 15. The van der Waals surface area contributed by atoms with Gasteiger partial charge < -0.3 is 29.2 Å². The summed E-state index contributed by atoms with van der Waals surface area (Å²) < 4.78 is 25.6. The average Bonchev–Trinajstić information content (AvgIpc) is 3.12. The molecule has 0 saturated carbocycles. The molecular formula is C46H46O6. The molecule has 0 aliphatic rings. The van der Waals surface area contributed by atoms with Gasteiger partial charge in [-0.05, 0) is 96.8 Å². The van der Waals surface area contributed by atoms with Crippen molar-refractivity contribution in [2.24, 2.45) is 5.92 Å². The van der Waals surface area contributed by atoms with Crippen molar-refractivity contribution in [1.82, 2.24) is 0 Å². The fourth-order valence-electron chi connectivity index (χ4n) is 5.98. The molecule has 0 aliphatic heterocycles. The zero-order chi connectivity index (χ0) is 36.5. The van der Waals surface area contributed by atoms with Gasteiger partial charge in [-0.1, -0.05) is 87.9 Å². The maximum atomic E-state index is 11.3. The van der Waals surface area contributed by atoms with Crippen molar-refractivity contribution < 1.29 is 29.2 Å². The lowest BCUT2D eigenvalue weighted by atomic mass is 10.0. The first-order valence-corrected chi connectivity index (χ1v) is 18.0. The van der Waals surface area contributed by atoms with Crippen LogP contribution in [0.25, 0.3) is 0 Å². The van der Waals surface area contributed by atoms with Gasteiger partial charge in [-0.2, -0.15) is 0 Å². The Balaban J connectivity index is 1.29. The zero-order valence-electron chi connectivity index (χ0n) is 30.3. The second-order valence-corrected chi connectivity index (χ2v) is 13.5. The number of hydrogen-bond acceptors (Lipinski definition) is 6. The highest BCUT2D eigenvalue weighted by molar-refractivity contribution is 5.55. The maximum Gasteiger partial charge on any atom is 0.138 e. The number of phenols is 2. The van der Waals surface area contributed by atoms with E-state index in [9.17, 15) is 10.2 Å². The highest BCUT2D eigenvalue weighted by Crippen LogP contribution is 2.41. The molecule has 2 N–H and O–H groups in total. The van der Waals surface area contributed by atoms with Crippen molar-refractivity contribution >= 4 is 0 Å². The molecule has 0 aliphatic carbocycles. The molecule has 0 atom stereocenters. The predicted octanol–water partition coefficient (Wildman–Crippen LogP) is 12.7. The van der Waals surface area contributed by atoms with Crippen LogP contribution in [-0.4, -0.2) is 10.2 Å². The van der Waals surface area contributed by atoms with Crippen LogP contribution in [0.3, 0.4) is 0 Å². The predicted molar refractivity (Wildman–Crippen MR) is 207 cm³/mol. The first kappa shape index (κ1) is 35.9. The number of aromatic hydroxyl groups is 2. The maximum absolute atomic E-state index is 11.3. The molecule has 6 nitrogen and oxygen atoms in total. The highest BCUT2D eigenvalue weighted by Gasteiger charge is 2.18. The number of aryl methyl sites for hydroxylation is 2. The Morgan fingerprint density at radius 1 is 0.538 bits per heavy atom. The molecule has 6 aromatic rings. The Hall–Kier alpha value is -5.88. The minimum absolute atomic E-state index is 0.125. The normalized spacial score (nSPS) is 11.0. The lowest BCUT2D eigenvalue weighted by molar-refractivity contribution is 0.420. The Labute approximate surface area is 306 Å². The SMILES string of the molecule is CCCc1c(O)cc(Oc2ccccc2Cc2ccc(C)c(Oc3cccc(O)c3)c2)cc1Oc1cc(Oc2ccccc2)ccc1CCC(C)C. The van der Waals surface area contributed by atoms with Gasteiger partial charge >= 0.3 is 0 Å². The molecule has 6 aromatic carbocycles. The molecule has 0 radical (unpaired) electrons. The highest BCUT2D eigenvalue weighted by atomic mass is 16.5. The Morgan fingerprint density at radius 3 is 2.06 bits per heavy atom. The molecule has 0 amide bonds. The summed E-state index contributed by atoms with van der Waals surface area (Å²) in [6.45, 7) is 8.50. The average molecular weight is 695 g/mol. The van der Waals surface area contributed by atoms with Crippen LogP contribution in [0.4, 0.5) is 0 Å². The third-order valence-corrected chi connectivity index (χ3v) is 8.78. The minimum atomic E-state index is 0.125. The summed E-state index contributed by atoms with van der Waals surface area (Å²) in [6.07, 6.45) is 3.91. The van der Waals surface area contributed by atoms with Crippen LogP contribution >= 0.6 is 0 Å². The molecular weight excluding hydrogens is 648 g/mol. The number of ether oxygens (including phenoxy) is 4. The molecule has 0 fully saturated rings. The summed E-state index contributed by atoms with van der Waals surface area (Å²) >= 11 is 0. The van der Waals surface area contributed by atoms with Gasteiger partial charge in [-0.25, -0.2) is 0 Å². The van der Waals surface area contributed by atoms with Crippen molar-refractivity contribution in [3.05, 3.63) is 155 Å². The Bertz CT molecular complexity index is 2100. The van der Waals surface area contributed by atoms with Gasteiger partial charge in [-0.15, -0.1) is 0 Å². The summed E-state index contributed by atoms with van der Waals surface area (Å²) in [7, 11) is 0. The Kier molecular flexibility index (Phi) is 11.7. The van der Waals surface area contributed by atoms with Gasteiger partial charge in [0.15, 0.2) is 0 Å². The van der Waals surface area contributed by atoms with Crippen molar-refractivity contribution in [2.45, 2.75) is 59.8 Å². The fraction of sp³-hybridized carbons (Fsp3) is 0.217. The van der Waals surface area contributed by atoms with E-state index in [4.69, 9.17) is 18.9 Å². The van der Waals surface area contributed by atoms with Crippen LogP contribution in [0.2, 0.25) is 0 Å². The van der Waals surface area contributed by atoms with E-state index in [1.807, 2.05) is 97.9 Å². The smallest absolute Gasteiger partial charge is 0.138 e. The van der Waals surface area contributed by atoms with Crippen molar-refractivity contribution in [2.75, 3.05) is 0 Å². The summed E-state index contributed by atoms with van der Waals surface area (Å²) in [5.41, 5.74) is 4.78. The zero-order valence-corrected chi connectivity index (χ0v) is 30.3. The fourth-order valence-corrected chi connectivity index (χ4v) is 5.98. The van der Waals surface area contributed by atoms with Crippen LogP contribution in [0.5, 0.6) is 57.5 Å². The van der Waals surface area contributed by atoms with Gasteiger partial charge in [0.25, 0.3) is 0 Å². The van der Waals surface area contributed by atoms with Crippen molar-refractivity contribution in [3.63, 3.8) is 0 Å². The summed E-state index contributed by atoms with van der Waals surface area (Å²) in [5.74, 6) is 5.87.